The van der Waals surface area contributed by atoms with Gasteiger partial charge in [-0.25, -0.2) is 9.97 Å². The third-order valence-electron chi connectivity index (χ3n) is 8.59. The van der Waals surface area contributed by atoms with Crippen molar-refractivity contribution in [3.63, 3.8) is 0 Å². The number of amides is 1. The molecule has 1 atom stereocenters. The Labute approximate surface area is 221 Å². The number of aromatic nitrogens is 4. The van der Waals surface area contributed by atoms with Gasteiger partial charge < -0.3 is 15.0 Å². The quantitative estimate of drug-likeness (QED) is 0.374. The summed E-state index contributed by atoms with van der Waals surface area (Å²) < 4.78 is 5.35. The molecule has 2 aromatic heterocycles. The van der Waals surface area contributed by atoms with Crippen molar-refractivity contribution in [1.82, 2.24) is 25.5 Å². The lowest BCUT2D eigenvalue weighted by Gasteiger charge is -2.47. The molecule has 8 nitrogen and oxygen atoms in total. The van der Waals surface area contributed by atoms with Crippen molar-refractivity contribution in [2.45, 2.75) is 31.7 Å². The zero-order valence-corrected chi connectivity index (χ0v) is 21.3. The number of H-pyrrole nitrogens is 1. The first-order valence-electron chi connectivity index (χ1n) is 13.7. The zero-order valence-electron chi connectivity index (χ0n) is 21.3. The van der Waals surface area contributed by atoms with Crippen LogP contribution >= 0.6 is 0 Å². The summed E-state index contributed by atoms with van der Waals surface area (Å²) in [4.78, 5) is 24.8. The number of ether oxygens (including phenoxy) is 1. The van der Waals surface area contributed by atoms with Crippen molar-refractivity contribution in [3.8, 4) is 11.3 Å². The van der Waals surface area contributed by atoms with E-state index in [-0.39, 0.29) is 11.9 Å². The molecule has 4 aromatic rings. The van der Waals surface area contributed by atoms with Crippen molar-refractivity contribution in [2.75, 3.05) is 31.2 Å². The van der Waals surface area contributed by atoms with E-state index in [9.17, 15) is 4.79 Å². The summed E-state index contributed by atoms with van der Waals surface area (Å²) in [6.45, 7) is 4.05. The van der Waals surface area contributed by atoms with E-state index >= 15 is 0 Å². The van der Waals surface area contributed by atoms with Gasteiger partial charge in [-0.1, -0.05) is 25.0 Å². The minimum atomic E-state index is -0.184. The molecule has 2 saturated heterocycles. The number of carbonyl (C=O) groups excluding carboxylic acids is 1. The third-order valence-corrected chi connectivity index (χ3v) is 8.59. The molecule has 3 aliphatic rings. The van der Waals surface area contributed by atoms with Crippen molar-refractivity contribution >= 4 is 22.5 Å². The van der Waals surface area contributed by atoms with E-state index in [1.165, 1.54) is 18.5 Å². The second-order valence-corrected chi connectivity index (χ2v) is 10.9. The summed E-state index contributed by atoms with van der Waals surface area (Å²) in [7, 11) is 0. The normalized spacial score (nSPS) is 19.3. The van der Waals surface area contributed by atoms with Gasteiger partial charge in [0.2, 0.25) is 0 Å². The first-order valence-corrected chi connectivity index (χ1v) is 13.7. The fourth-order valence-corrected chi connectivity index (χ4v) is 6.13. The number of anilines is 1. The molecule has 0 bridgehead atoms. The zero-order chi connectivity index (χ0) is 25.5. The molecule has 194 valence electrons. The smallest absolute Gasteiger partial charge is 0.251 e. The maximum absolute atomic E-state index is 13.4. The van der Waals surface area contributed by atoms with Gasteiger partial charge in [0.25, 0.3) is 5.91 Å². The lowest BCUT2D eigenvalue weighted by molar-refractivity contribution is -0.0659. The summed E-state index contributed by atoms with van der Waals surface area (Å²) in [5, 5.41) is 11.9. The maximum atomic E-state index is 13.4. The average Bonchev–Trinajstić information content (AvgIpc) is 3.59. The molecule has 1 unspecified atom stereocenters. The Morgan fingerprint density at radius 1 is 1.00 bits per heavy atom. The summed E-state index contributed by atoms with van der Waals surface area (Å²) in [5.41, 5.74) is 4.65. The summed E-state index contributed by atoms with van der Waals surface area (Å²) in [6, 6.07) is 15.9. The highest BCUT2D eigenvalue weighted by molar-refractivity contribution is 6.01. The highest BCUT2D eigenvalue weighted by atomic mass is 16.5. The molecule has 3 fully saturated rings. The Morgan fingerprint density at radius 2 is 1.76 bits per heavy atom. The first kappa shape index (κ1) is 23.3. The highest BCUT2D eigenvalue weighted by Gasteiger charge is 2.37. The van der Waals surface area contributed by atoms with Crippen LogP contribution in [0, 0.1) is 17.8 Å². The van der Waals surface area contributed by atoms with Crippen molar-refractivity contribution in [2.24, 2.45) is 17.8 Å². The molecule has 1 saturated carbocycles. The molecule has 2 N–H and O–H groups in total. The van der Waals surface area contributed by atoms with Crippen LogP contribution in [0.3, 0.4) is 0 Å². The van der Waals surface area contributed by atoms with E-state index in [1.807, 2.05) is 24.3 Å². The Hall–Kier alpha value is -3.78. The van der Waals surface area contributed by atoms with Crippen LogP contribution in [0.2, 0.25) is 0 Å². The number of hydrogen-bond donors (Lipinski definition) is 2. The van der Waals surface area contributed by atoms with Gasteiger partial charge in [0.15, 0.2) is 5.82 Å². The number of nitrogens with zero attached hydrogens (tertiary/aromatic N) is 4. The van der Waals surface area contributed by atoms with Crippen LogP contribution < -0.4 is 10.2 Å². The first-order chi connectivity index (χ1) is 18.7. The number of hydrogen-bond acceptors (Lipinski definition) is 6. The monoisotopic (exact) mass is 508 g/mol. The predicted octanol–water partition coefficient (Wildman–Crippen LogP) is 4.76. The van der Waals surface area contributed by atoms with E-state index in [4.69, 9.17) is 4.74 Å². The molecule has 2 aromatic carbocycles. The number of fused-ring (bicyclic) bond motifs is 1. The maximum Gasteiger partial charge on any atom is 0.251 e. The topological polar surface area (TPSA) is 96.0 Å². The third kappa shape index (κ3) is 4.32. The fraction of sp³-hybridized carbons (Fsp3) is 0.400. The Morgan fingerprint density at radius 3 is 2.47 bits per heavy atom. The largest absolute Gasteiger partial charge is 0.381 e. The van der Waals surface area contributed by atoms with Crippen molar-refractivity contribution < 1.29 is 9.53 Å². The molecule has 38 heavy (non-hydrogen) atoms. The van der Waals surface area contributed by atoms with E-state index in [0.717, 1.165) is 73.1 Å². The van der Waals surface area contributed by atoms with Crippen molar-refractivity contribution in [3.05, 3.63) is 72.3 Å². The van der Waals surface area contributed by atoms with Gasteiger partial charge in [0.05, 0.1) is 30.5 Å². The predicted molar refractivity (Wildman–Crippen MR) is 146 cm³/mol. The molecular formula is C30H32N6O2. The molecule has 8 heteroatoms. The fourth-order valence-electron chi connectivity index (χ4n) is 6.13. The van der Waals surface area contributed by atoms with Gasteiger partial charge in [-0.05, 0) is 55.2 Å². The molecule has 0 radical (unpaired) electrons. The van der Waals surface area contributed by atoms with E-state index in [1.54, 1.807) is 12.4 Å². The van der Waals surface area contributed by atoms with Crippen LogP contribution in [-0.2, 0) is 4.74 Å². The molecule has 7 rings (SSSR count). The standard InChI is InChI=1S/C30H32N6O2/c37-30(33-28(19-4-1-2-5-19)29-31-12-3-13-32-29)21-8-11-26-25(14-21)27(35-34-26)20-6-9-24(10-7-20)36-15-22(16-36)23-17-38-18-23/h3,6-14,19,22-23,28H,1-2,4-5,15-18H2,(H,33,37)(H,34,35). The second-order valence-electron chi connectivity index (χ2n) is 10.9. The summed E-state index contributed by atoms with van der Waals surface area (Å²) in [6.07, 6.45) is 8.01. The Kier molecular flexibility index (Phi) is 6.04. The van der Waals surface area contributed by atoms with Crippen molar-refractivity contribution in [1.29, 1.82) is 0 Å². The molecular weight excluding hydrogens is 476 g/mol. The van der Waals surface area contributed by atoms with Crippen LogP contribution in [0.15, 0.2) is 60.9 Å². The molecule has 2 aliphatic heterocycles. The number of nitrogens with one attached hydrogen (secondary N) is 2. The molecule has 4 heterocycles. The second kappa shape index (κ2) is 9.83. The Bertz CT molecular complexity index is 1420. The summed E-state index contributed by atoms with van der Waals surface area (Å²) in [5.74, 6) is 2.43. The number of rotatable bonds is 7. The minimum Gasteiger partial charge on any atom is -0.381 e. The molecule has 0 spiro atoms. The van der Waals surface area contributed by atoms with Gasteiger partial charge in [-0.2, -0.15) is 5.10 Å². The molecule has 1 amide bonds. The van der Waals surface area contributed by atoms with Gasteiger partial charge in [0, 0.05) is 59.5 Å². The Balaban J connectivity index is 1.10. The van der Waals surface area contributed by atoms with Crippen LogP contribution in [0.4, 0.5) is 5.69 Å². The van der Waals surface area contributed by atoms with Gasteiger partial charge >= 0.3 is 0 Å². The van der Waals surface area contributed by atoms with Crippen LogP contribution in [0.5, 0.6) is 0 Å². The summed E-state index contributed by atoms with van der Waals surface area (Å²) >= 11 is 0. The minimum absolute atomic E-state index is 0.108. The van der Waals surface area contributed by atoms with Gasteiger partial charge in [-0.15, -0.1) is 0 Å². The van der Waals surface area contributed by atoms with Crippen LogP contribution in [0.25, 0.3) is 22.2 Å². The number of carbonyl (C=O) groups is 1. The van der Waals surface area contributed by atoms with Gasteiger partial charge in [-0.3, -0.25) is 9.89 Å². The highest BCUT2D eigenvalue weighted by Crippen LogP contribution is 2.36. The number of benzene rings is 2. The van der Waals surface area contributed by atoms with Gasteiger partial charge in [0.1, 0.15) is 0 Å². The van der Waals surface area contributed by atoms with E-state index in [2.05, 4.69) is 54.6 Å². The van der Waals surface area contributed by atoms with Crippen LogP contribution in [-0.4, -0.2) is 52.4 Å². The SMILES string of the molecule is O=C(NC(c1ncccn1)C1CCCC1)c1ccc2[nH]nc(-c3ccc(N4CC(C5COC5)C4)cc3)c2c1. The van der Waals surface area contributed by atoms with E-state index < -0.39 is 0 Å². The number of aromatic amines is 1. The lowest BCUT2D eigenvalue weighted by atomic mass is 9.84. The lowest BCUT2D eigenvalue weighted by Crippen LogP contribution is -2.54. The van der Waals surface area contributed by atoms with E-state index in [0.29, 0.717) is 17.3 Å². The van der Waals surface area contributed by atoms with Crippen LogP contribution in [0.1, 0.15) is 47.9 Å². The average molecular weight is 509 g/mol. The molecule has 1 aliphatic carbocycles.